The van der Waals surface area contributed by atoms with Crippen LogP contribution in [0.2, 0.25) is 0 Å². The number of para-hydroxylation sites is 1. The lowest BCUT2D eigenvalue weighted by molar-refractivity contribution is 0.192. The van der Waals surface area contributed by atoms with Gasteiger partial charge in [0.05, 0.1) is 18.1 Å². The van der Waals surface area contributed by atoms with E-state index in [1.165, 1.54) is 16.6 Å². The fourth-order valence-electron chi connectivity index (χ4n) is 3.49. The van der Waals surface area contributed by atoms with E-state index < -0.39 is 0 Å². The molecule has 1 unspecified atom stereocenters. The van der Waals surface area contributed by atoms with Crippen molar-refractivity contribution in [2.45, 2.75) is 31.6 Å². The molecule has 0 spiro atoms. The predicted molar refractivity (Wildman–Crippen MR) is 90.7 cm³/mol. The molecule has 4 heteroatoms. The molecular formula is C19H22N4. The molecule has 1 saturated heterocycles. The number of H-pyrrole nitrogens is 1. The quantitative estimate of drug-likeness (QED) is 0.914. The summed E-state index contributed by atoms with van der Waals surface area (Å²) in [5.74, 6) is 0.567. The highest BCUT2D eigenvalue weighted by Gasteiger charge is 2.23. The Labute approximate surface area is 137 Å². The largest absolute Gasteiger partial charge is 0.358 e. The summed E-state index contributed by atoms with van der Waals surface area (Å²) in [5.41, 5.74) is 2.55. The number of aromatic nitrogens is 1. The summed E-state index contributed by atoms with van der Waals surface area (Å²) >= 11 is 0. The van der Waals surface area contributed by atoms with E-state index in [1.807, 2.05) is 0 Å². The Morgan fingerprint density at radius 1 is 1.22 bits per heavy atom. The van der Waals surface area contributed by atoms with E-state index in [2.05, 4.69) is 52.4 Å². The molecule has 2 aromatic rings. The van der Waals surface area contributed by atoms with Crippen LogP contribution in [0.25, 0.3) is 10.9 Å². The maximum atomic E-state index is 9.20. The van der Waals surface area contributed by atoms with Crippen molar-refractivity contribution in [3.8, 4) is 12.1 Å². The predicted octanol–water partition coefficient (Wildman–Crippen LogP) is 3.79. The molecule has 23 heavy (non-hydrogen) atoms. The Morgan fingerprint density at radius 2 is 2.00 bits per heavy atom. The van der Waals surface area contributed by atoms with Crippen LogP contribution in [0.15, 0.2) is 30.3 Å². The first-order chi connectivity index (χ1) is 11.3. The van der Waals surface area contributed by atoms with Gasteiger partial charge in [-0.25, -0.2) is 0 Å². The standard InChI is InChI=1S/C19H22N4/c20-9-3-4-15(13-21)14-23-10-7-16(8-11-23)19-12-17-5-1-2-6-18(17)22-19/h1-2,5-6,12,15-16,22H,3-4,7-8,10-11,14H2. The van der Waals surface area contributed by atoms with Crippen LogP contribution in [-0.4, -0.2) is 29.5 Å². The summed E-state index contributed by atoms with van der Waals surface area (Å²) in [7, 11) is 0. The van der Waals surface area contributed by atoms with E-state index in [0.717, 1.165) is 32.5 Å². The summed E-state index contributed by atoms with van der Waals surface area (Å²) < 4.78 is 0. The number of rotatable bonds is 5. The Hall–Kier alpha value is -2.30. The first kappa shape index (κ1) is 15.6. The van der Waals surface area contributed by atoms with Crippen LogP contribution in [0.5, 0.6) is 0 Å². The SMILES string of the molecule is N#CCCC(C#N)CN1CCC(c2cc3ccccc3[nH]2)CC1. The highest BCUT2D eigenvalue weighted by Crippen LogP contribution is 2.30. The van der Waals surface area contributed by atoms with Crippen LogP contribution in [0, 0.1) is 28.6 Å². The highest BCUT2D eigenvalue weighted by molar-refractivity contribution is 5.80. The fraction of sp³-hybridized carbons (Fsp3) is 0.474. The number of nitrogens with zero attached hydrogens (tertiary/aromatic N) is 3. The van der Waals surface area contributed by atoms with Crippen LogP contribution < -0.4 is 0 Å². The maximum Gasteiger partial charge on any atom is 0.0669 e. The molecule has 1 atom stereocenters. The van der Waals surface area contributed by atoms with Crippen molar-refractivity contribution in [1.29, 1.82) is 10.5 Å². The molecule has 1 aromatic heterocycles. The maximum absolute atomic E-state index is 9.20. The van der Waals surface area contributed by atoms with Crippen molar-refractivity contribution in [1.82, 2.24) is 9.88 Å². The molecular weight excluding hydrogens is 284 g/mol. The summed E-state index contributed by atoms with van der Waals surface area (Å²) in [6.07, 6.45) is 3.42. The number of piperidine rings is 1. The Kier molecular flexibility index (Phi) is 4.95. The van der Waals surface area contributed by atoms with E-state index in [1.54, 1.807) is 0 Å². The van der Waals surface area contributed by atoms with Gasteiger partial charge in [0.1, 0.15) is 0 Å². The summed E-state index contributed by atoms with van der Waals surface area (Å²) in [6.45, 7) is 2.87. The number of fused-ring (bicyclic) bond motifs is 1. The smallest absolute Gasteiger partial charge is 0.0669 e. The zero-order chi connectivity index (χ0) is 16.1. The van der Waals surface area contributed by atoms with Crippen LogP contribution >= 0.6 is 0 Å². The normalized spacial score (nSPS) is 17.7. The number of aromatic amines is 1. The van der Waals surface area contributed by atoms with Gasteiger partial charge in [0.2, 0.25) is 0 Å². The molecule has 118 valence electrons. The van der Waals surface area contributed by atoms with E-state index in [0.29, 0.717) is 18.8 Å². The lowest BCUT2D eigenvalue weighted by atomic mass is 9.92. The molecule has 1 aliphatic heterocycles. The van der Waals surface area contributed by atoms with Crippen molar-refractivity contribution in [3.63, 3.8) is 0 Å². The minimum absolute atomic E-state index is 0.0146. The molecule has 3 rings (SSSR count). The molecule has 1 fully saturated rings. The van der Waals surface area contributed by atoms with Crippen molar-refractivity contribution in [2.75, 3.05) is 19.6 Å². The number of benzene rings is 1. The molecule has 0 radical (unpaired) electrons. The van der Waals surface area contributed by atoms with Crippen LogP contribution in [0.4, 0.5) is 0 Å². The second kappa shape index (κ2) is 7.31. The number of likely N-dealkylation sites (tertiary alicyclic amines) is 1. The van der Waals surface area contributed by atoms with Crippen molar-refractivity contribution in [3.05, 3.63) is 36.0 Å². The van der Waals surface area contributed by atoms with E-state index in [4.69, 9.17) is 5.26 Å². The summed E-state index contributed by atoms with van der Waals surface area (Å²) in [4.78, 5) is 5.93. The molecule has 0 amide bonds. The molecule has 1 aromatic carbocycles. The minimum atomic E-state index is -0.0146. The number of hydrogen-bond acceptors (Lipinski definition) is 3. The minimum Gasteiger partial charge on any atom is -0.358 e. The Morgan fingerprint density at radius 3 is 2.70 bits per heavy atom. The molecule has 0 saturated carbocycles. The van der Waals surface area contributed by atoms with Gasteiger partial charge in [0.25, 0.3) is 0 Å². The number of nitrogens with one attached hydrogen (secondary N) is 1. The van der Waals surface area contributed by atoms with Crippen molar-refractivity contribution in [2.24, 2.45) is 5.92 Å². The van der Waals surface area contributed by atoms with Gasteiger partial charge in [-0.05, 0) is 49.9 Å². The van der Waals surface area contributed by atoms with E-state index >= 15 is 0 Å². The van der Waals surface area contributed by atoms with Gasteiger partial charge in [0.15, 0.2) is 0 Å². The monoisotopic (exact) mass is 306 g/mol. The lowest BCUT2D eigenvalue weighted by Crippen LogP contribution is -2.36. The van der Waals surface area contributed by atoms with Gasteiger partial charge in [-0.3, -0.25) is 0 Å². The van der Waals surface area contributed by atoms with Gasteiger partial charge in [-0.15, -0.1) is 0 Å². The van der Waals surface area contributed by atoms with Crippen molar-refractivity contribution >= 4 is 10.9 Å². The second-order valence-electron chi connectivity index (χ2n) is 6.41. The lowest BCUT2D eigenvalue weighted by Gasteiger charge is -2.32. The summed E-state index contributed by atoms with van der Waals surface area (Å²) in [5, 5.41) is 19.1. The second-order valence-corrected chi connectivity index (χ2v) is 6.41. The average Bonchev–Trinajstić information content (AvgIpc) is 3.03. The molecule has 0 aliphatic carbocycles. The number of nitriles is 2. The van der Waals surface area contributed by atoms with Gasteiger partial charge >= 0.3 is 0 Å². The topological polar surface area (TPSA) is 66.6 Å². The van der Waals surface area contributed by atoms with Gasteiger partial charge < -0.3 is 9.88 Å². The molecule has 1 aliphatic rings. The third-order valence-electron chi connectivity index (χ3n) is 4.84. The zero-order valence-corrected chi connectivity index (χ0v) is 13.3. The summed E-state index contributed by atoms with van der Waals surface area (Å²) in [6, 6.07) is 15.2. The average molecular weight is 306 g/mol. The molecule has 2 heterocycles. The molecule has 0 bridgehead atoms. The van der Waals surface area contributed by atoms with Crippen LogP contribution in [-0.2, 0) is 0 Å². The van der Waals surface area contributed by atoms with Gasteiger partial charge in [0, 0.05) is 30.1 Å². The zero-order valence-electron chi connectivity index (χ0n) is 13.3. The number of hydrogen-bond donors (Lipinski definition) is 1. The Bertz CT molecular complexity index is 693. The van der Waals surface area contributed by atoms with Crippen molar-refractivity contribution < 1.29 is 0 Å². The van der Waals surface area contributed by atoms with E-state index in [-0.39, 0.29) is 5.92 Å². The van der Waals surface area contributed by atoms with Gasteiger partial charge in [-0.2, -0.15) is 10.5 Å². The molecule has 4 nitrogen and oxygen atoms in total. The fourth-order valence-corrected chi connectivity index (χ4v) is 3.49. The van der Waals surface area contributed by atoms with E-state index in [9.17, 15) is 5.26 Å². The van der Waals surface area contributed by atoms with Crippen LogP contribution in [0.1, 0.15) is 37.3 Å². The third-order valence-corrected chi connectivity index (χ3v) is 4.84. The highest BCUT2D eigenvalue weighted by atomic mass is 15.1. The Balaban J connectivity index is 1.56. The molecule has 1 N–H and O–H groups in total. The third kappa shape index (κ3) is 3.73. The first-order valence-electron chi connectivity index (χ1n) is 8.36. The van der Waals surface area contributed by atoms with Crippen LogP contribution in [0.3, 0.4) is 0 Å². The van der Waals surface area contributed by atoms with Gasteiger partial charge in [-0.1, -0.05) is 18.2 Å². The first-order valence-corrected chi connectivity index (χ1v) is 8.36.